The van der Waals surface area contributed by atoms with E-state index in [1.54, 1.807) is 24.3 Å². The van der Waals surface area contributed by atoms with Crippen molar-refractivity contribution in [2.45, 2.75) is 30.8 Å². The van der Waals surface area contributed by atoms with Crippen LogP contribution in [0.15, 0.2) is 46.7 Å². The van der Waals surface area contributed by atoms with E-state index in [9.17, 15) is 8.42 Å². The fourth-order valence-corrected chi connectivity index (χ4v) is 3.88. The van der Waals surface area contributed by atoms with Gasteiger partial charge in [-0.15, -0.1) is 11.3 Å². The monoisotopic (exact) mass is 310 g/mol. The summed E-state index contributed by atoms with van der Waals surface area (Å²) in [7, 11) is -3.51. The molecule has 20 heavy (non-hydrogen) atoms. The molecule has 0 saturated heterocycles. The molecule has 0 amide bonds. The summed E-state index contributed by atoms with van der Waals surface area (Å²) >= 11 is 1.53. The Bertz CT molecular complexity index is 647. The largest absolute Gasteiger partial charge is 0.324 e. The van der Waals surface area contributed by atoms with Gasteiger partial charge in [0.2, 0.25) is 10.0 Å². The molecule has 0 saturated carbocycles. The molecule has 4 nitrogen and oxygen atoms in total. The van der Waals surface area contributed by atoms with Crippen molar-refractivity contribution in [3.63, 3.8) is 0 Å². The van der Waals surface area contributed by atoms with E-state index in [-0.39, 0.29) is 17.0 Å². The van der Waals surface area contributed by atoms with Crippen LogP contribution in [0.4, 0.5) is 0 Å². The van der Waals surface area contributed by atoms with Gasteiger partial charge in [0, 0.05) is 10.9 Å². The molecule has 0 aliphatic rings. The maximum atomic E-state index is 12.3. The number of nitrogens with one attached hydrogen (secondary N) is 1. The number of rotatable bonds is 5. The minimum Gasteiger partial charge on any atom is -0.324 e. The third kappa shape index (κ3) is 3.46. The van der Waals surface area contributed by atoms with Gasteiger partial charge in [0.25, 0.3) is 0 Å². The third-order valence-electron chi connectivity index (χ3n) is 3.02. The van der Waals surface area contributed by atoms with Crippen LogP contribution in [0, 0.1) is 0 Å². The van der Waals surface area contributed by atoms with E-state index < -0.39 is 10.0 Å². The van der Waals surface area contributed by atoms with Crippen molar-refractivity contribution in [3.8, 4) is 0 Å². The van der Waals surface area contributed by atoms with E-state index >= 15 is 0 Å². The molecule has 0 spiro atoms. The molecule has 108 valence electrons. The Morgan fingerprint density at radius 3 is 2.30 bits per heavy atom. The lowest BCUT2D eigenvalue weighted by atomic mass is 10.1. The highest BCUT2D eigenvalue weighted by Gasteiger charge is 2.18. The van der Waals surface area contributed by atoms with Crippen molar-refractivity contribution >= 4 is 21.4 Å². The molecule has 2 rings (SSSR count). The molecule has 0 bridgehead atoms. The van der Waals surface area contributed by atoms with Gasteiger partial charge in [0.05, 0.1) is 10.9 Å². The van der Waals surface area contributed by atoms with Crippen LogP contribution in [0.25, 0.3) is 0 Å². The second kappa shape index (κ2) is 6.05. The average Bonchev–Trinajstić information content (AvgIpc) is 2.92. The fourth-order valence-electron chi connectivity index (χ4n) is 1.85. The van der Waals surface area contributed by atoms with Gasteiger partial charge >= 0.3 is 0 Å². The minimum atomic E-state index is -3.51. The van der Waals surface area contributed by atoms with Crippen LogP contribution in [0.1, 0.15) is 36.4 Å². The highest BCUT2D eigenvalue weighted by Crippen LogP contribution is 2.21. The molecule has 0 radical (unpaired) electrons. The molecule has 3 N–H and O–H groups in total. The summed E-state index contributed by atoms with van der Waals surface area (Å²) in [5.74, 6) is 0. The first kappa shape index (κ1) is 15.2. The Balaban J connectivity index is 2.18. The van der Waals surface area contributed by atoms with E-state index in [2.05, 4.69) is 4.72 Å². The molecule has 1 aromatic heterocycles. The lowest BCUT2D eigenvalue weighted by Gasteiger charge is -2.13. The van der Waals surface area contributed by atoms with Gasteiger partial charge in [0.1, 0.15) is 0 Å². The predicted molar refractivity (Wildman–Crippen MR) is 82.1 cm³/mol. The van der Waals surface area contributed by atoms with Crippen LogP contribution in [0.2, 0.25) is 0 Å². The summed E-state index contributed by atoms with van der Waals surface area (Å²) < 4.78 is 27.2. The highest BCUT2D eigenvalue weighted by molar-refractivity contribution is 7.89. The summed E-state index contributed by atoms with van der Waals surface area (Å²) in [5.41, 5.74) is 6.67. The SMILES string of the molecule is CC(N)c1ccc(S(=O)(=O)NC(C)c2cccs2)cc1. The quantitative estimate of drug-likeness (QED) is 0.892. The molecular weight excluding hydrogens is 292 g/mol. The minimum absolute atomic E-state index is 0.107. The van der Waals surface area contributed by atoms with Gasteiger partial charge in [-0.05, 0) is 43.0 Å². The lowest BCUT2D eigenvalue weighted by molar-refractivity contribution is 0.568. The Morgan fingerprint density at radius 1 is 1.15 bits per heavy atom. The average molecular weight is 310 g/mol. The fraction of sp³-hybridized carbons (Fsp3) is 0.286. The summed E-state index contributed by atoms with van der Waals surface area (Å²) in [5, 5.41) is 1.93. The van der Waals surface area contributed by atoms with Crippen molar-refractivity contribution in [2.24, 2.45) is 5.73 Å². The second-order valence-electron chi connectivity index (χ2n) is 4.72. The van der Waals surface area contributed by atoms with Crippen LogP contribution in [0.5, 0.6) is 0 Å². The summed E-state index contributed by atoms with van der Waals surface area (Å²) in [6.07, 6.45) is 0. The van der Waals surface area contributed by atoms with Crippen LogP contribution >= 0.6 is 11.3 Å². The van der Waals surface area contributed by atoms with E-state index in [4.69, 9.17) is 5.73 Å². The maximum absolute atomic E-state index is 12.3. The first-order valence-electron chi connectivity index (χ1n) is 6.31. The van der Waals surface area contributed by atoms with Crippen LogP contribution in [0.3, 0.4) is 0 Å². The zero-order valence-electron chi connectivity index (χ0n) is 11.4. The molecule has 6 heteroatoms. The molecule has 2 aromatic rings. The van der Waals surface area contributed by atoms with Gasteiger partial charge in [0.15, 0.2) is 0 Å². The summed E-state index contributed by atoms with van der Waals surface area (Å²) in [6.45, 7) is 3.69. The van der Waals surface area contributed by atoms with Crippen LogP contribution in [-0.4, -0.2) is 8.42 Å². The molecule has 2 unspecified atom stereocenters. The molecule has 1 aromatic carbocycles. The highest BCUT2D eigenvalue weighted by atomic mass is 32.2. The zero-order chi connectivity index (χ0) is 14.8. The normalized spacial score (nSPS) is 14.9. The first-order valence-corrected chi connectivity index (χ1v) is 8.67. The topological polar surface area (TPSA) is 72.2 Å². The van der Waals surface area contributed by atoms with Gasteiger partial charge in [-0.25, -0.2) is 13.1 Å². The van der Waals surface area contributed by atoms with Gasteiger partial charge in [-0.3, -0.25) is 0 Å². The van der Waals surface area contributed by atoms with E-state index in [0.717, 1.165) is 10.4 Å². The van der Waals surface area contributed by atoms with Crippen molar-refractivity contribution in [1.82, 2.24) is 4.72 Å². The number of thiophene rings is 1. The van der Waals surface area contributed by atoms with Crippen molar-refractivity contribution < 1.29 is 8.42 Å². The van der Waals surface area contributed by atoms with Gasteiger partial charge < -0.3 is 5.73 Å². The molecule has 1 heterocycles. The first-order chi connectivity index (χ1) is 9.40. The number of nitrogens with two attached hydrogens (primary N) is 1. The maximum Gasteiger partial charge on any atom is 0.241 e. The Hall–Kier alpha value is -1.21. The van der Waals surface area contributed by atoms with E-state index in [1.807, 2.05) is 31.4 Å². The van der Waals surface area contributed by atoms with Crippen molar-refractivity contribution in [1.29, 1.82) is 0 Å². The Kier molecular flexibility index (Phi) is 4.59. The zero-order valence-corrected chi connectivity index (χ0v) is 13.0. The number of benzene rings is 1. The van der Waals surface area contributed by atoms with Crippen LogP contribution in [-0.2, 0) is 10.0 Å². The number of hydrogen-bond donors (Lipinski definition) is 2. The number of sulfonamides is 1. The molecule has 0 aliphatic heterocycles. The van der Waals surface area contributed by atoms with Gasteiger partial charge in [-0.1, -0.05) is 18.2 Å². The molecular formula is C14H18N2O2S2. The van der Waals surface area contributed by atoms with Crippen molar-refractivity contribution in [2.75, 3.05) is 0 Å². The Morgan fingerprint density at radius 2 is 1.80 bits per heavy atom. The van der Waals surface area contributed by atoms with Crippen molar-refractivity contribution in [3.05, 3.63) is 52.2 Å². The molecule has 0 fully saturated rings. The molecule has 2 atom stereocenters. The van der Waals surface area contributed by atoms with E-state index in [0.29, 0.717) is 0 Å². The third-order valence-corrected chi connectivity index (χ3v) is 5.63. The van der Waals surface area contributed by atoms with Gasteiger partial charge in [-0.2, -0.15) is 0 Å². The number of hydrogen-bond acceptors (Lipinski definition) is 4. The summed E-state index contributed by atoms with van der Waals surface area (Å²) in [6, 6.07) is 10.1. The lowest BCUT2D eigenvalue weighted by Crippen LogP contribution is -2.26. The Labute approximate surface area is 123 Å². The molecule has 0 aliphatic carbocycles. The van der Waals surface area contributed by atoms with Crippen LogP contribution < -0.4 is 10.5 Å². The smallest absolute Gasteiger partial charge is 0.241 e. The second-order valence-corrected chi connectivity index (χ2v) is 7.41. The summed E-state index contributed by atoms with van der Waals surface area (Å²) in [4.78, 5) is 1.24. The van der Waals surface area contributed by atoms with E-state index in [1.165, 1.54) is 11.3 Å². The standard InChI is InChI=1S/C14H18N2O2S2/c1-10(15)12-5-7-13(8-6-12)20(17,18)16-11(2)14-4-3-9-19-14/h3-11,16H,15H2,1-2H3. The predicted octanol–water partition coefficient (Wildman–Crippen LogP) is 2.81.